The first-order valence-corrected chi connectivity index (χ1v) is 9.72. The molecule has 0 saturated heterocycles. The molecule has 0 unspecified atom stereocenters. The molecule has 4 aromatic heterocycles. The molecule has 0 aliphatic heterocycles. The molecule has 4 N–H and O–H groups in total. The van der Waals surface area contributed by atoms with Crippen LogP contribution in [0.15, 0.2) is 61.1 Å². The van der Waals surface area contributed by atoms with E-state index < -0.39 is 5.82 Å². The SMILES string of the molecule is C[C@@H](Nc1ccc2ncc(-c3cn(-c4ccnc(N)c4)nn3)n2n1)c1cc(F)ccc1O. The van der Waals surface area contributed by atoms with Gasteiger partial charge in [-0.15, -0.1) is 10.2 Å². The summed E-state index contributed by atoms with van der Waals surface area (Å²) in [7, 11) is 0. The molecular weight excluding hydrogens is 413 g/mol. The van der Waals surface area contributed by atoms with Crippen molar-refractivity contribution in [3.63, 3.8) is 0 Å². The van der Waals surface area contributed by atoms with Crippen LogP contribution in [0.25, 0.3) is 22.7 Å². The van der Waals surface area contributed by atoms with Crippen LogP contribution in [0.4, 0.5) is 16.0 Å². The lowest BCUT2D eigenvalue weighted by molar-refractivity contribution is 0.462. The van der Waals surface area contributed by atoms with E-state index in [4.69, 9.17) is 5.73 Å². The molecule has 1 aromatic carbocycles. The summed E-state index contributed by atoms with van der Waals surface area (Å²) in [5, 5.41) is 26.2. The van der Waals surface area contributed by atoms with E-state index in [1.165, 1.54) is 18.2 Å². The minimum absolute atomic E-state index is 0.00385. The summed E-state index contributed by atoms with van der Waals surface area (Å²) in [6.07, 6.45) is 4.99. The third-order valence-corrected chi connectivity index (χ3v) is 4.97. The molecule has 0 amide bonds. The molecule has 0 saturated carbocycles. The number of rotatable bonds is 5. The van der Waals surface area contributed by atoms with Gasteiger partial charge in [-0.2, -0.15) is 0 Å². The number of halogens is 1. The maximum Gasteiger partial charge on any atom is 0.154 e. The van der Waals surface area contributed by atoms with E-state index in [-0.39, 0.29) is 11.8 Å². The number of nitrogen functional groups attached to an aromatic ring is 1. The molecule has 5 rings (SSSR count). The molecule has 0 aliphatic carbocycles. The predicted octanol–water partition coefficient (Wildman–Crippen LogP) is 2.97. The minimum Gasteiger partial charge on any atom is -0.508 e. The second-order valence-electron chi connectivity index (χ2n) is 7.19. The minimum atomic E-state index is -0.425. The third kappa shape index (κ3) is 3.55. The molecule has 0 spiro atoms. The number of aromatic nitrogens is 7. The largest absolute Gasteiger partial charge is 0.508 e. The summed E-state index contributed by atoms with van der Waals surface area (Å²) in [6, 6.07) is 10.5. The monoisotopic (exact) mass is 431 g/mol. The first kappa shape index (κ1) is 19.4. The smallest absolute Gasteiger partial charge is 0.154 e. The zero-order chi connectivity index (χ0) is 22.2. The van der Waals surface area contributed by atoms with Gasteiger partial charge in [0.05, 0.1) is 24.1 Å². The van der Waals surface area contributed by atoms with Gasteiger partial charge in [0, 0.05) is 17.8 Å². The normalized spacial score (nSPS) is 12.2. The second-order valence-corrected chi connectivity index (χ2v) is 7.19. The van der Waals surface area contributed by atoms with Gasteiger partial charge in [0.2, 0.25) is 0 Å². The lowest BCUT2D eigenvalue weighted by atomic mass is 10.1. The standard InChI is InChI=1S/C21H18FN9O/c1-12(15-8-13(22)2-3-18(15)32)26-20-4-5-21-25-10-17(31(21)28-20)16-11-30(29-27-16)14-6-7-24-19(23)9-14/h2-12,32H,1H3,(H2,23,24)(H,26,28)/t12-/m1/s1. The van der Waals surface area contributed by atoms with Crippen molar-refractivity contribution in [2.75, 3.05) is 11.1 Å². The van der Waals surface area contributed by atoms with Crippen LogP contribution in [-0.2, 0) is 0 Å². The summed E-state index contributed by atoms with van der Waals surface area (Å²) >= 11 is 0. The van der Waals surface area contributed by atoms with Crippen molar-refractivity contribution in [3.05, 3.63) is 72.4 Å². The fourth-order valence-electron chi connectivity index (χ4n) is 3.38. The Balaban J connectivity index is 1.46. The number of pyridine rings is 1. The Kier molecular flexibility index (Phi) is 4.62. The fourth-order valence-corrected chi connectivity index (χ4v) is 3.38. The number of nitrogens with one attached hydrogen (secondary N) is 1. The summed E-state index contributed by atoms with van der Waals surface area (Å²) in [5.74, 6) is 0.474. The number of nitrogens with zero attached hydrogens (tertiary/aromatic N) is 7. The van der Waals surface area contributed by atoms with Gasteiger partial charge in [0.1, 0.15) is 34.6 Å². The number of benzene rings is 1. The Labute approximate surface area is 181 Å². The summed E-state index contributed by atoms with van der Waals surface area (Å²) in [5.41, 5.74) is 8.72. The Morgan fingerprint density at radius 3 is 2.84 bits per heavy atom. The van der Waals surface area contributed by atoms with E-state index in [1.54, 1.807) is 59.0 Å². The first-order chi connectivity index (χ1) is 15.5. The van der Waals surface area contributed by atoms with Gasteiger partial charge >= 0.3 is 0 Å². The van der Waals surface area contributed by atoms with E-state index in [0.29, 0.717) is 34.2 Å². The Hall–Kier alpha value is -4.54. The average Bonchev–Trinajstić information content (AvgIpc) is 3.42. The highest BCUT2D eigenvalue weighted by atomic mass is 19.1. The van der Waals surface area contributed by atoms with E-state index in [2.05, 4.69) is 30.7 Å². The lowest BCUT2D eigenvalue weighted by Gasteiger charge is -2.16. The number of phenolic OH excluding ortho intramolecular Hbond substituents is 1. The van der Waals surface area contributed by atoms with E-state index in [1.807, 2.05) is 0 Å². The molecule has 0 bridgehead atoms. The summed E-state index contributed by atoms with van der Waals surface area (Å²) < 4.78 is 16.8. The van der Waals surface area contributed by atoms with Crippen molar-refractivity contribution < 1.29 is 9.50 Å². The van der Waals surface area contributed by atoms with Gasteiger partial charge in [0.25, 0.3) is 0 Å². The lowest BCUT2D eigenvalue weighted by Crippen LogP contribution is -2.10. The van der Waals surface area contributed by atoms with Crippen molar-refractivity contribution in [2.45, 2.75) is 13.0 Å². The van der Waals surface area contributed by atoms with E-state index in [9.17, 15) is 9.50 Å². The topological polar surface area (TPSA) is 132 Å². The molecule has 4 heterocycles. The maximum absolute atomic E-state index is 13.6. The van der Waals surface area contributed by atoms with Crippen LogP contribution >= 0.6 is 0 Å². The fraction of sp³-hybridized carbons (Fsp3) is 0.0952. The molecule has 5 aromatic rings. The molecular formula is C21H18FN9O. The van der Waals surface area contributed by atoms with Gasteiger partial charge in [0.15, 0.2) is 5.65 Å². The van der Waals surface area contributed by atoms with Gasteiger partial charge in [-0.25, -0.2) is 23.6 Å². The number of fused-ring (bicyclic) bond motifs is 1. The van der Waals surface area contributed by atoms with Crippen molar-refractivity contribution >= 4 is 17.3 Å². The van der Waals surface area contributed by atoms with Crippen LogP contribution in [0.1, 0.15) is 18.5 Å². The highest BCUT2D eigenvalue weighted by molar-refractivity contribution is 5.60. The number of imidazole rings is 1. The zero-order valence-corrected chi connectivity index (χ0v) is 16.9. The van der Waals surface area contributed by atoms with Crippen LogP contribution in [-0.4, -0.2) is 39.7 Å². The first-order valence-electron chi connectivity index (χ1n) is 9.72. The molecule has 11 heteroatoms. The van der Waals surface area contributed by atoms with E-state index >= 15 is 0 Å². The van der Waals surface area contributed by atoms with Gasteiger partial charge in [-0.1, -0.05) is 5.21 Å². The van der Waals surface area contributed by atoms with Crippen LogP contribution in [0.5, 0.6) is 5.75 Å². The van der Waals surface area contributed by atoms with Crippen LogP contribution < -0.4 is 11.1 Å². The van der Waals surface area contributed by atoms with Crippen molar-refractivity contribution in [3.8, 4) is 22.8 Å². The average molecular weight is 431 g/mol. The summed E-state index contributed by atoms with van der Waals surface area (Å²) in [4.78, 5) is 8.35. The van der Waals surface area contributed by atoms with Gasteiger partial charge < -0.3 is 16.2 Å². The molecule has 1 atom stereocenters. The zero-order valence-electron chi connectivity index (χ0n) is 16.9. The van der Waals surface area contributed by atoms with Crippen molar-refractivity contribution in [1.29, 1.82) is 0 Å². The van der Waals surface area contributed by atoms with Crippen LogP contribution in [0.2, 0.25) is 0 Å². The highest BCUT2D eigenvalue weighted by Crippen LogP contribution is 2.27. The highest BCUT2D eigenvalue weighted by Gasteiger charge is 2.15. The molecule has 32 heavy (non-hydrogen) atoms. The van der Waals surface area contributed by atoms with Crippen molar-refractivity contribution in [2.24, 2.45) is 0 Å². The molecule has 0 radical (unpaired) electrons. The Bertz CT molecular complexity index is 1430. The quantitative estimate of drug-likeness (QED) is 0.387. The molecule has 10 nitrogen and oxygen atoms in total. The predicted molar refractivity (Wildman–Crippen MR) is 116 cm³/mol. The number of phenols is 1. The Morgan fingerprint density at radius 1 is 1.12 bits per heavy atom. The molecule has 0 fully saturated rings. The number of aromatic hydroxyl groups is 1. The number of hydrogen-bond acceptors (Lipinski definition) is 8. The Morgan fingerprint density at radius 2 is 2.00 bits per heavy atom. The molecule has 0 aliphatic rings. The number of anilines is 2. The van der Waals surface area contributed by atoms with Gasteiger partial charge in [-0.3, -0.25) is 0 Å². The van der Waals surface area contributed by atoms with Crippen LogP contribution in [0, 0.1) is 5.82 Å². The molecule has 160 valence electrons. The number of nitrogens with two attached hydrogens (primary N) is 1. The second kappa shape index (κ2) is 7.61. The summed E-state index contributed by atoms with van der Waals surface area (Å²) in [6.45, 7) is 1.81. The third-order valence-electron chi connectivity index (χ3n) is 4.97. The number of hydrogen-bond donors (Lipinski definition) is 3. The van der Waals surface area contributed by atoms with E-state index in [0.717, 1.165) is 5.69 Å². The maximum atomic E-state index is 13.6. The van der Waals surface area contributed by atoms with Gasteiger partial charge in [-0.05, 0) is 43.3 Å². The van der Waals surface area contributed by atoms with Crippen molar-refractivity contribution in [1.82, 2.24) is 34.6 Å². The van der Waals surface area contributed by atoms with Crippen LogP contribution in [0.3, 0.4) is 0 Å².